The van der Waals surface area contributed by atoms with E-state index >= 15 is 0 Å². The number of likely N-dealkylation sites (tertiary alicyclic amines) is 1. The van der Waals surface area contributed by atoms with Crippen LogP contribution in [0.3, 0.4) is 0 Å². The molecule has 0 bridgehead atoms. The Morgan fingerprint density at radius 3 is 2.79 bits per heavy atom. The van der Waals surface area contributed by atoms with Gasteiger partial charge in [-0.3, -0.25) is 4.79 Å². The van der Waals surface area contributed by atoms with E-state index in [0.29, 0.717) is 42.6 Å². The van der Waals surface area contributed by atoms with Crippen LogP contribution < -0.4 is 9.64 Å². The number of benzene rings is 1. The lowest BCUT2D eigenvalue weighted by Gasteiger charge is -2.28. The molecule has 2 aromatic heterocycles. The first kappa shape index (κ1) is 21.6. The fraction of sp³-hybridized carbons (Fsp3) is 0.391. The van der Waals surface area contributed by atoms with Crippen LogP contribution in [-0.4, -0.2) is 57.9 Å². The Bertz CT molecular complexity index is 1180. The smallest absolute Gasteiger partial charge is 0.387 e. The van der Waals surface area contributed by atoms with Crippen molar-refractivity contribution in [3.8, 4) is 5.75 Å². The van der Waals surface area contributed by atoms with Gasteiger partial charge in [-0.15, -0.1) is 0 Å². The maximum Gasteiger partial charge on any atom is 0.387 e. The van der Waals surface area contributed by atoms with Crippen LogP contribution in [0.1, 0.15) is 41.2 Å². The highest BCUT2D eigenvalue weighted by atomic mass is 19.3. The second kappa shape index (κ2) is 8.58. The molecule has 0 saturated carbocycles. The van der Waals surface area contributed by atoms with E-state index in [1.54, 1.807) is 15.6 Å². The van der Waals surface area contributed by atoms with Crippen LogP contribution in [0, 0.1) is 5.82 Å². The summed E-state index contributed by atoms with van der Waals surface area (Å²) >= 11 is 0. The monoisotopic (exact) mass is 460 g/mol. The molecule has 33 heavy (non-hydrogen) atoms. The minimum Gasteiger partial charge on any atom is -0.434 e. The van der Waals surface area contributed by atoms with Gasteiger partial charge in [-0.1, -0.05) is 0 Å². The first-order valence-electron chi connectivity index (χ1n) is 10.9. The van der Waals surface area contributed by atoms with E-state index in [1.165, 1.54) is 18.3 Å². The number of halogens is 3. The van der Waals surface area contributed by atoms with Crippen LogP contribution in [-0.2, 0) is 0 Å². The molecule has 2 fully saturated rings. The first-order chi connectivity index (χ1) is 15.9. The van der Waals surface area contributed by atoms with Crippen LogP contribution >= 0.6 is 0 Å². The zero-order chi connectivity index (χ0) is 23.1. The van der Waals surface area contributed by atoms with Crippen molar-refractivity contribution in [2.24, 2.45) is 0 Å². The minimum atomic E-state index is -3.01. The summed E-state index contributed by atoms with van der Waals surface area (Å²) in [5.41, 5.74) is 2.17. The molecule has 10 heteroatoms. The van der Waals surface area contributed by atoms with Crippen molar-refractivity contribution < 1.29 is 27.8 Å². The summed E-state index contributed by atoms with van der Waals surface area (Å²) in [6, 6.07) is 6.89. The lowest BCUT2D eigenvalue weighted by atomic mass is 10.0. The number of aromatic nitrogens is 2. The summed E-state index contributed by atoms with van der Waals surface area (Å²) in [6.45, 7) is -1.60. The number of carbonyl (C=O) groups excluding carboxylic acids is 1. The molecule has 2 aliphatic heterocycles. The van der Waals surface area contributed by atoms with Crippen molar-refractivity contribution in [1.82, 2.24) is 14.5 Å². The average Bonchev–Trinajstić information content (AvgIpc) is 3.53. The second-order valence-corrected chi connectivity index (χ2v) is 8.38. The largest absolute Gasteiger partial charge is 0.434 e. The van der Waals surface area contributed by atoms with E-state index in [-0.39, 0.29) is 24.2 Å². The number of hydrogen-bond acceptors (Lipinski definition) is 5. The van der Waals surface area contributed by atoms with Gasteiger partial charge in [-0.2, -0.15) is 13.9 Å². The van der Waals surface area contributed by atoms with Crippen molar-refractivity contribution in [3.63, 3.8) is 0 Å². The van der Waals surface area contributed by atoms with Crippen molar-refractivity contribution >= 4 is 17.1 Å². The lowest BCUT2D eigenvalue weighted by Crippen LogP contribution is -2.29. The summed E-state index contributed by atoms with van der Waals surface area (Å²) in [7, 11) is 0. The molecule has 0 spiro atoms. The zero-order valence-corrected chi connectivity index (χ0v) is 17.7. The van der Waals surface area contributed by atoms with Gasteiger partial charge in [0.25, 0.3) is 5.91 Å². The number of hydrogen-bond donors (Lipinski definition) is 1. The van der Waals surface area contributed by atoms with Gasteiger partial charge in [0.1, 0.15) is 11.6 Å². The third-order valence-electron chi connectivity index (χ3n) is 6.32. The van der Waals surface area contributed by atoms with Gasteiger partial charge in [-0.05, 0) is 49.6 Å². The molecule has 1 amide bonds. The van der Waals surface area contributed by atoms with Crippen molar-refractivity contribution in [2.45, 2.75) is 38.0 Å². The molecule has 2 unspecified atom stereocenters. The van der Waals surface area contributed by atoms with Crippen LogP contribution in [0.25, 0.3) is 5.52 Å². The topological polar surface area (TPSA) is 70.3 Å². The number of amides is 1. The van der Waals surface area contributed by atoms with Gasteiger partial charge in [0.05, 0.1) is 29.4 Å². The molecule has 0 radical (unpaired) electrons. The van der Waals surface area contributed by atoms with Crippen LogP contribution in [0.2, 0.25) is 0 Å². The Morgan fingerprint density at radius 1 is 1.18 bits per heavy atom. The van der Waals surface area contributed by atoms with E-state index in [0.717, 1.165) is 18.2 Å². The Kier molecular flexibility index (Phi) is 5.61. The van der Waals surface area contributed by atoms with Crippen LogP contribution in [0.5, 0.6) is 5.75 Å². The van der Waals surface area contributed by atoms with Crippen molar-refractivity contribution in [3.05, 3.63) is 59.7 Å². The second-order valence-electron chi connectivity index (χ2n) is 8.38. The predicted molar refractivity (Wildman–Crippen MR) is 114 cm³/mol. The number of β-amino-alcohol motifs (C(OH)–C–C–N with tert-alkyl or cyclic N) is 1. The average molecular weight is 460 g/mol. The van der Waals surface area contributed by atoms with E-state index in [9.17, 15) is 23.1 Å². The Hall–Kier alpha value is -3.27. The maximum atomic E-state index is 14.0. The molecule has 1 aromatic carbocycles. The third-order valence-corrected chi connectivity index (χ3v) is 6.32. The minimum absolute atomic E-state index is 0.0443. The van der Waals surface area contributed by atoms with Crippen molar-refractivity contribution in [1.29, 1.82) is 0 Å². The normalized spacial score (nSPS) is 20.9. The number of aliphatic hydroxyl groups is 1. The molecule has 2 atom stereocenters. The summed E-state index contributed by atoms with van der Waals surface area (Å²) < 4.78 is 46.1. The van der Waals surface area contributed by atoms with Gasteiger partial charge in [0.2, 0.25) is 0 Å². The Balaban J connectivity index is 1.49. The number of alkyl halides is 2. The molecular formula is C23H23F3N4O3. The summed E-state index contributed by atoms with van der Waals surface area (Å²) in [5.74, 6) is -0.767. The number of ether oxygens (including phenoxy) is 1. The third kappa shape index (κ3) is 4.10. The van der Waals surface area contributed by atoms with Crippen LogP contribution in [0.4, 0.5) is 18.9 Å². The Labute approximate surface area is 188 Å². The zero-order valence-electron chi connectivity index (χ0n) is 17.7. The quantitative estimate of drug-likeness (QED) is 0.630. The molecule has 2 aliphatic rings. The fourth-order valence-corrected chi connectivity index (χ4v) is 4.79. The lowest BCUT2D eigenvalue weighted by molar-refractivity contribution is -0.0506. The molecule has 5 rings (SSSR count). The summed E-state index contributed by atoms with van der Waals surface area (Å²) in [5, 5.41) is 14.0. The number of pyridine rings is 1. The van der Waals surface area contributed by atoms with Gasteiger partial charge < -0.3 is 19.6 Å². The number of nitrogens with zero attached hydrogens (tertiary/aromatic N) is 4. The highest BCUT2D eigenvalue weighted by molar-refractivity contribution is 6.01. The number of aliphatic hydroxyl groups excluding tert-OH is 1. The van der Waals surface area contributed by atoms with Gasteiger partial charge in [0.15, 0.2) is 0 Å². The molecule has 174 valence electrons. The number of fused-ring (bicyclic) bond motifs is 1. The van der Waals surface area contributed by atoms with Crippen molar-refractivity contribution in [2.75, 3.05) is 24.5 Å². The molecule has 3 aromatic rings. The standard InChI is InChI=1S/C23H23F3N4O3/c24-14-3-4-21(33-23(25)26)17(10-14)19-2-1-7-29(19)15-5-9-30-20(11-15)18(12-27-30)22(32)28-8-6-16(31)13-28/h3-5,9-12,16,19,23,31H,1-2,6-8,13H2. The van der Waals surface area contributed by atoms with E-state index in [2.05, 4.69) is 9.84 Å². The van der Waals surface area contributed by atoms with Gasteiger partial charge >= 0.3 is 6.61 Å². The number of anilines is 1. The molecule has 4 heterocycles. The van der Waals surface area contributed by atoms with Crippen LogP contribution in [0.15, 0.2) is 42.7 Å². The summed E-state index contributed by atoms with van der Waals surface area (Å²) in [4.78, 5) is 16.6. The van der Waals surface area contributed by atoms with E-state index in [4.69, 9.17) is 0 Å². The van der Waals surface area contributed by atoms with E-state index in [1.807, 2.05) is 17.0 Å². The number of rotatable bonds is 5. The number of carbonyl (C=O) groups is 1. The predicted octanol–water partition coefficient (Wildman–Crippen LogP) is 3.62. The highest BCUT2D eigenvalue weighted by Crippen LogP contribution is 2.41. The SMILES string of the molecule is O=C(c1cnn2ccc(N3CCCC3c3cc(F)ccc3OC(F)F)cc12)N1CCC(O)C1. The molecule has 0 aliphatic carbocycles. The fourth-order valence-electron chi connectivity index (χ4n) is 4.79. The molecule has 7 nitrogen and oxygen atoms in total. The van der Waals surface area contributed by atoms with Gasteiger partial charge in [-0.25, -0.2) is 8.91 Å². The molecule has 1 N–H and O–H groups in total. The Morgan fingerprint density at radius 2 is 2.03 bits per heavy atom. The first-order valence-corrected chi connectivity index (χ1v) is 10.9. The highest BCUT2D eigenvalue weighted by Gasteiger charge is 2.31. The molecular weight excluding hydrogens is 437 g/mol. The van der Waals surface area contributed by atoms with Gasteiger partial charge in [0, 0.05) is 37.1 Å². The summed E-state index contributed by atoms with van der Waals surface area (Å²) in [6.07, 6.45) is 4.70. The molecule has 2 saturated heterocycles. The maximum absolute atomic E-state index is 14.0. The van der Waals surface area contributed by atoms with E-state index < -0.39 is 18.5 Å².